The molecule has 2 rings (SSSR count). The molecule has 122 valence electrons. The number of hydrogen-bond donors (Lipinski definition) is 1. The summed E-state index contributed by atoms with van der Waals surface area (Å²) in [7, 11) is 0. The van der Waals surface area contributed by atoms with Crippen molar-refractivity contribution in [2.24, 2.45) is 5.41 Å². The van der Waals surface area contributed by atoms with Crippen LogP contribution in [0.2, 0.25) is 0 Å². The zero-order valence-corrected chi connectivity index (χ0v) is 13.4. The molecule has 3 nitrogen and oxygen atoms in total. The molecule has 4 heteroatoms. The average molecular weight is 308 g/mol. The molecular weight excluding hydrogens is 283 g/mol. The molecule has 1 aliphatic carbocycles. The van der Waals surface area contributed by atoms with E-state index in [1.54, 1.807) is 6.07 Å². The maximum atomic E-state index is 12.9. The minimum Gasteiger partial charge on any atom is -0.493 e. The summed E-state index contributed by atoms with van der Waals surface area (Å²) in [5, 5.41) is 9.65. The first kappa shape index (κ1) is 16.9. The SMILES string of the molecule is Cc1ccc(OCCCF)cc1C(=O)C1(C)CCC(O)CC1. The van der Waals surface area contributed by atoms with Crippen molar-refractivity contribution < 1.29 is 19.0 Å². The maximum Gasteiger partial charge on any atom is 0.169 e. The van der Waals surface area contributed by atoms with Gasteiger partial charge >= 0.3 is 0 Å². The van der Waals surface area contributed by atoms with Gasteiger partial charge in [0.2, 0.25) is 0 Å². The van der Waals surface area contributed by atoms with Gasteiger partial charge in [0, 0.05) is 17.4 Å². The summed E-state index contributed by atoms with van der Waals surface area (Å²) in [5.74, 6) is 0.731. The molecule has 0 amide bonds. The Hall–Kier alpha value is -1.42. The van der Waals surface area contributed by atoms with Gasteiger partial charge in [-0.25, -0.2) is 0 Å². The lowest BCUT2D eigenvalue weighted by atomic mass is 9.70. The number of ether oxygens (including phenoxy) is 1. The van der Waals surface area contributed by atoms with Crippen LogP contribution < -0.4 is 4.74 Å². The number of alkyl halides is 1. The van der Waals surface area contributed by atoms with Crippen molar-refractivity contribution in [3.63, 3.8) is 0 Å². The van der Waals surface area contributed by atoms with Crippen LogP contribution in [0.25, 0.3) is 0 Å². The van der Waals surface area contributed by atoms with Gasteiger partial charge in [-0.15, -0.1) is 0 Å². The largest absolute Gasteiger partial charge is 0.493 e. The molecule has 1 aliphatic rings. The molecule has 0 saturated heterocycles. The zero-order valence-electron chi connectivity index (χ0n) is 13.4. The standard InChI is InChI=1S/C18H25FO3/c1-13-4-5-15(22-11-3-10-19)12-16(13)17(21)18(2)8-6-14(20)7-9-18/h4-5,12,14,20H,3,6-11H2,1-2H3. The molecule has 0 aromatic heterocycles. The molecule has 1 fully saturated rings. The van der Waals surface area contributed by atoms with Crippen LogP contribution in [0.15, 0.2) is 18.2 Å². The molecule has 1 N–H and O–H groups in total. The van der Waals surface area contributed by atoms with E-state index in [0.717, 1.165) is 5.56 Å². The number of carbonyl (C=O) groups is 1. The Kier molecular flexibility index (Phi) is 5.57. The van der Waals surface area contributed by atoms with Crippen LogP contribution in [0.4, 0.5) is 4.39 Å². The van der Waals surface area contributed by atoms with E-state index in [0.29, 0.717) is 50.0 Å². The average Bonchev–Trinajstić information content (AvgIpc) is 2.51. The fourth-order valence-electron chi connectivity index (χ4n) is 2.97. The number of benzene rings is 1. The first-order valence-electron chi connectivity index (χ1n) is 7.98. The highest BCUT2D eigenvalue weighted by Gasteiger charge is 2.38. The topological polar surface area (TPSA) is 46.5 Å². The minimum atomic E-state index is -0.415. The molecular formula is C18H25FO3. The molecule has 0 heterocycles. The van der Waals surface area contributed by atoms with E-state index in [4.69, 9.17) is 4.74 Å². The number of aryl methyl sites for hydroxylation is 1. The molecule has 1 saturated carbocycles. The Bertz CT molecular complexity index is 519. The van der Waals surface area contributed by atoms with Crippen molar-refractivity contribution in [2.75, 3.05) is 13.3 Å². The second kappa shape index (κ2) is 7.23. The van der Waals surface area contributed by atoms with Crippen molar-refractivity contribution in [2.45, 2.75) is 52.1 Å². The third-order valence-electron chi connectivity index (χ3n) is 4.61. The number of Topliss-reactive ketones (excluding diaryl/α,β-unsaturated/α-hetero) is 1. The van der Waals surface area contributed by atoms with Crippen molar-refractivity contribution >= 4 is 5.78 Å². The monoisotopic (exact) mass is 308 g/mol. The lowest BCUT2D eigenvalue weighted by Gasteiger charge is -2.34. The van der Waals surface area contributed by atoms with Crippen LogP contribution in [0.1, 0.15) is 54.9 Å². The third kappa shape index (κ3) is 3.86. The Balaban J connectivity index is 2.16. The summed E-state index contributed by atoms with van der Waals surface area (Å²) in [6.07, 6.45) is 2.84. The third-order valence-corrected chi connectivity index (χ3v) is 4.61. The molecule has 22 heavy (non-hydrogen) atoms. The number of ketones is 1. The summed E-state index contributed by atoms with van der Waals surface area (Å²) in [6.45, 7) is 3.81. The number of aliphatic hydroxyl groups excluding tert-OH is 1. The summed E-state index contributed by atoms with van der Waals surface area (Å²) < 4.78 is 17.6. The first-order valence-corrected chi connectivity index (χ1v) is 7.98. The second-order valence-corrected chi connectivity index (χ2v) is 6.49. The Morgan fingerprint density at radius 2 is 2.09 bits per heavy atom. The van der Waals surface area contributed by atoms with Gasteiger partial charge in [0.05, 0.1) is 19.4 Å². The predicted molar refractivity (Wildman–Crippen MR) is 84.2 cm³/mol. The highest BCUT2D eigenvalue weighted by atomic mass is 19.1. The maximum absolute atomic E-state index is 12.9. The number of aliphatic hydroxyl groups is 1. The van der Waals surface area contributed by atoms with Gasteiger partial charge in [-0.05, 0) is 50.3 Å². The lowest BCUT2D eigenvalue weighted by molar-refractivity contribution is 0.0530. The van der Waals surface area contributed by atoms with E-state index < -0.39 is 12.1 Å². The van der Waals surface area contributed by atoms with Crippen molar-refractivity contribution in [1.29, 1.82) is 0 Å². The lowest BCUT2D eigenvalue weighted by Crippen LogP contribution is -2.34. The number of hydrogen-bond acceptors (Lipinski definition) is 3. The van der Waals surface area contributed by atoms with Gasteiger partial charge < -0.3 is 9.84 Å². The van der Waals surface area contributed by atoms with Crippen LogP contribution in [-0.4, -0.2) is 30.3 Å². The fourth-order valence-corrected chi connectivity index (χ4v) is 2.97. The zero-order chi connectivity index (χ0) is 16.2. The fraction of sp³-hybridized carbons (Fsp3) is 0.611. The second-order valence-electron chi connectivity index (χ2n) is 6.49. The highest BCUT2D eigenvalue weighted by molar-refractivity contribution is 6.01. The highest BCUT2D eigenvalue weighted by Crippen LogP contribution is 2.39. The summed E-state index contributed by atoms with van der Waals surface area (Å²) in [4.78, 5) is 12.9. The van der Waals surface area contributed by atoms with E-state index in [2.05, 4.69) is 0 Å². The normalized spacial score (nSPS) is 25.0. The molecule has 0 radical (unpaired) electrons. The van der Waals surface area contributed by atoms with E-state index in [9.17, 15) is 14.3 Å². The van der Waals surface area contributed by atoms with E-state index >= 15 is 0 Å². The van der Waals surface area contributed by atoms with Crippen molar-refractivity contribution in [3.05, 3.63) is 29.3 Å². The van der Waals surface area contributed by atoms with Gasteiger partial charge in [0.1, 0.15) is 5.75 Å². The van der Waals surface area contributed by atoms with Crippen LogP contribution >= 0.6 is 0 Å². The Labute approximate surface area is 131 Å². The van der Waals surface area contributed by atoms with Crippen LogP contribution in [0.5, 0.6) is 5.75 Å². The minimum absolute atomic E-state index is 0.118. The molecule has 1 aromatic rings. The van der Waals surface area contributed by atoms with Crippen molar-refractivity contribution in [3.8, 4) is 5.75 Å². The summed E-state index contributed by atoms with van der Waals surface area (Å²) in [5.41, 5.74) is 1.19. The van der Waals surface area contributed by atoms with Gasteiger partial charge in [-0.1, -0.05) is 13.0 Å². The summed E-state index contributed by atoms with van der Waals surface area (Å²) >= 11 is 0. The number of carbonyl (C=O) groups excluding carboxylic acids is 1. The smallest absolute Gasteiger partial charge is 0.169 e. The van der Waals surface area contributed by atoms with Gasteiger partial charge in [0.25, 0.3) is 0 Å². The van der Waals surface area contributed by atoms with E-state index in [-0.39, 0.29) is 11.9 Å². The van der Waals surface area contributed by atoms with Crippen LogP contribution in [0, 0.1) is 12.3 Å². The van der Waals surface area contributed by atoms with Gasteiger partial charge in [-0.3, -0.25) is 9.18 Å². The van der Waals surface area contributed by atoms with Crippen molar-refractivity contribution in [1.82, 2.24) is 0 Å². The first-order chi connectivity index (χ1) is 10.5. The Morgan fingerprint density at radius 3 is 2.73 bits per heavy atom. The molecule has 0 unspecified atom stereocenters. The quantitative estimate of drug-likeness (QED) is 0.641. The van der Waals surface area contributed by atoms with Crippen LogP contribution in [0.3, 0.4) is 0 Å². The molecule has 0 bridgehead atoms. The number of halogens is 1. The Morgan fingerprint density at radius 1 is 1.41 bits per heavy atom. The van der Waals surface area contributed by atoms with Gasteiger partial charge in [-0.2, -0.15) is 0 Å². The molecule has 1 aromatic carbocycles. The summed E-state index contributed by atoms with van der Waals surface area (Å²) in [6, 6.07) is 5.46. The van der Waals surface area contributed by atoms with E-state index in [1.807, 2.05) is 26.0 Å². The van der Waals surface area contributed by atoms with Crippen LogP contribution in [-0.2, 0) is 0 Å². The molecule has 0 atom stereocenters. The molecule has 0 aliphatic heterocycles. The predicted octanol–water partition coefficient (Wildman–Crippen LogP) is 3.86. The molecule has 0 spiro atoms. The van der Waals surface area contributed by atoms with E-state index in [1.165, 1.54) is 0 Å². The van der Waals surface area contributed by atoms with Gasteiger partial charge in [0.15, 0.2) is 5.78 Å². The number of rotatable bonds is 6.